The quantitative estimate of drug-likeness (QED) is 0.690. The summed E-state index contributed by atoms with van der Waals surface area (Å²) < 4.78 is 5.62. The zero-order valence-electron chi connectivity index (χ0n) is 13.9. The van der Waals surface area contributed by atoms with Crippen LogP contribution in [-0.4, -0.2) is 17.9 Å². The summed E-state index contributed by atoms with van der Waals surface area (Å²) in [6, 6.07) is 0. The van der Waals surface area contributed by atoms with E-state index in [1.807, 2.05) is 6.08 Å². The van der Waals surface area contributed by atoms with E-state index < -0.39 is 0 Å². The summed E-state index contributed by atoms with van der Waals surface area (Å²) in [5, 5.41) is 0. The molecule has 0 aliphatic heterocycles. The predicted octanol–water partition coefficient (Wildman–Crippen LogP) is 3.90. The Hall–Kier alpha value is -1.64. The second-order valence-corrected chi connectivity index (χ2v) is 7.70. The average molecular weight is 312 g/mol. The predicted molar refractivity (Wildman–Crippen MR) is 87.6 cm³/mol. The number of carbonyl (C=O) groups is 2. The molecule has 1 fully saturated rings. The molecule has 3 nitrogen and oxygen atoms in total. The van der Waals surface area contributed by atoms with Crippen molar-refractivity contribution in [3.8, 4) is 0 Å². The Bertz CT molecular complexity index is 666. The van der Waals surface area contributed by atoms with Crippen LogP contribution in [0.5, 0.6) is 0 Å². The minimum absolute atomic E-state index is 0.0117. The molecule has 0 heterocycles. The summed E-state index contributed by atoms with van der Waals surface area (Å²) in [5.41, 5.74) is 4.12. The Kier molecular flexibility index (Phi) is 3.36. The van der Waals surface area contributed by atoms with Crippen molar-refractivity contribution in [2.45, 2.75) is 58.5 Å². The van der Waals surface area contributed by atoms with Gasteiger partial charge in [0.15, 0.2) is 5.78 Å². The van der Waals surface area contributed by atoms with E-state index in [9.17, 15) is 9.59 Å². The maximum Gasteiger partial charge on any atom is 0.302 e. The molecule has 0 bridgehead atoms. The Morgan fingerprint density at radius 2 is 2.04 bits per heavy atom. The van der Waals surface area contributed by atoms with Gasteiger partial charge in [0, 0.05) is 18.8 Å². The van der Waals surface area contributed by atoms with Gasteiger partial charge in [0.1, 0.15) is 6.10 Å². The third-order valence-electron chi connectivity index (χ3n) is 6.47. The SMILES string of the molecule is CC(=O)O[C@H]1CC[C@@H]2[C@@H]3CCC4=CC(=O)CCC4=C3C=C[C@]12C. The molecular formula is C20H24O3. The molecule has 0 radical (unpaired) electrons. The van der Waals surface area contributed by atoms with Gasteiger partial charge < -0.3 is 4.74 Å². The highest BCUT2D eigenvalue weighted by molar-refractivity contribution is 5.93. The average Bonchev–Trinajstić information content (AvgIpc) is 2.83. The van der Waals surface area contributed by atoms with Gasteiger partial charge in [-0.05, 0) is 66.7 Å². The molecule has 0 aromatic carbocycles. The first-order valence-electron chi connectivity index (χ1n) is 8.82. The van der Waals surface area contributed by atoms with Crippen LogP contribution < -0.4 is 0 Å². The highest BCUT2D eigenvalue weighted by atomic mass is 16.5. The number of rotatable bonds is 1. The van der Waals surface area contributed by atoms with Crippen LogP contribution in [-0.2, 0) is 14.3 Å². The number of ether oxygens (including phenoxy) is 1. The van der Waals surface area contributed by atoms with Crippen LogP contribution in [0.4, 0.5) is 0 Å². The molecule has 0 spiro atoms. The standard InChI is InChI=1S/C20H24O3/c1-12(21)23-19-8-7-18-17-5-3-13-11-14(22)4-6-15(13)16(17)9-10-20(18,19)2/h9-11,17-19H,3-8H2,1-2H3/t17-,18-,19+,20+/m1/s1. The first kappa shape index (κ1) is 14.9. The van der Waals surface area contributed by atoms with Crippen LogP contribution in [0, 0.1) is 17.3 Å². The van der Waals surface area contributed by atoms with Crippen molar-refractivity contribution in [3.05, 3.63) is 34.9 Å². The molecule has 4 aliphatic carbocycles. The normalized spacial score (nSPS) is 38.6. The molecule has 4 aliphatic rings. The third-order valence-corrected chi connectivity index (χ3v) is 6.47. The maximum atomic E-state index is 11.7. The second kappa shape index (κ2) is 5.19. The topological polar surface area (TPSA) is 43.4 Å². The molecular weight excluding hydrogens is 288 g/mol. The zero-order valence-corrected chi connectivity index (χ0v) is 13.9. The molecule has 0 amide bonds. The fraction of sp³-hybridized carbons (Fsp3) is 0.600. The number of carbonyl (C=O) groups excluding carboxylic acids is 2. The molecule has 0 saturated heterocycles. The first-order valence-corrected chi connectivity index (χ1v) is 8.82. The lowest BCUT2D eigenvalue weighted by atomic mass is 9.60. The van der Waals surface area contributed by atoms with E-state index in [1.165, 1.54) is 23.6 Å². The lowest BCUT2D eigenvalue weighted by Crippen LogP contribution is -2.40. The van der Waals surface area contributed by atoms with Gasteiger partial charge in [0.25, 0.3) is 0 Å². The first-order chi connectivity index (χ1) is 11.0. The smallest absolute Gasteiger partial charge is 0.302 e. The number of allylic oxidation sites excluding steroid dienone is 5. The summed E-state index contributed by atoms with van der Waals surface area (Å²) in [7, 11) is 0. The Morgan fingerprint density at radius 1 is 1.22 bits per heavy atom. The minimum atomic E-state index is -0.172. The van der Waals surface area contributed by atoms with E-state index in [4.69, 9.17) is 4.74 Å². The van der Waals surface area contributed by atoms with Gasteiger partial charge in [-0.3, -0.25) is 9.59 Å². The van der Waals surface area contributed by atoms with Gasteiger partial charge in [-0.25, -0.2) is 0 Å². The number of ketones is 1. The van der Waals surface area contributed by atoms with Gasteiger partial charge in [-0.1, -0.05) is 19.1 Å². The molecule has 0 aromatic rings. The molecule has 1 saturated carbocycles. The van der Waals surface area contributed by atoms with Crippen LogP contribution in [0.15, 0.2) is 34.9 Å². The number of fused-ring (bicyclic) bond motifs is 4. The van der Waals surface area contributed by atoms with E-state index in [0.717, 1.165) is 32.1 Å². The van der Waals surface area contributed by atoms with E-state index >= 15 is 0 Å². The fourth-order valence-corrected chi connectivity index (χ4v) is 5.36. The summed E-state index contributed by atoms with van der Waals surface area (Å²) >= 11 is 0. The lowest BCUT2D eigenvalue weighted by molar-refractivity contribution is -0.150. The van der Waals surface area contributed by atoms with Gasteiger partial charge in [0.2, 0.25) is 0 Å². The Morgan fingerprint density at radius 3 is 2.83 bits per heavy atom. The Labute approximate surface area is 137 Å². The van der Waals surface area contributed by atoms with Crippen molar-refractivity contribution in [1.82, 2.24) is 0 Å². The summed E-state index contributed by atoms with van der Waals surface area (Å²) in [4.78, 5) is 23.1. The summed E-state index contributed by atoms with van der Waals surface area (Å²) in [5.74, 6) is 1.22. The van der Waals surface area contributed by atoms with E-state index in [0.29, 0.717) is 18.3 Å². The van der Waals surface area contributed by atoms with Gasteiger partial charge >= 0.3 is 5.97 Å². The van der Waals surface area contributed by atoms with Crippen LogP contribution >= 0.6 is 0 Å². The van der Waals surface area contributed by atoms with E-state index in [-0.39, 0.29) is 23.3 Å². The van der Waals surface area contributed by atoms with Gasteiger partial charge in [0.05, 0.1) is 0 Å². The van der Waals surface area contributed by atoms with Gasteiger partial charge in [-0.15, -0.1) is 0 Å². The van der Waals surface area contributed by atoms with Crippen molar-refractivity contribution >= 4 is 11.8 Å². The number of esters is 1. The Balaban J connectivity index is 1.73. The van der Waals surface area contributed by atoms with Crippen LogP contribution in [0.25, 0.3) is 0 Å². The second-order valence-electron chi connectivity index (χ2n) is 7.70. The molecule has 4 atom stereocenters. The number of hydrogen-bond acceptors (Lipinski definition) is 3. The number of hydrogen-bond donors (Lipinski definition) is 0. The monoisotopic (exact) mass is 312 g/mol. The third kappa shape index (κ3) is 2.24. The van der Waals surface area contributed by atoms with Crippen molar-refractivity contribution in [2.24, 2.45) is 17.3 Å². The van der Waals surface area contributed by atoms with Crippen molar-refractivity contribution in [3.63, 3.8) is 0 Å². The van der Waals surface area contributed by atoms with E-state index in [1.54, 1.807) is 0 Å². The zero-order chi connectivity index (χ0) is 16.2. The molecule has 3 heteroatoms. The van der Waals surface area contributed by atoms with E-state index in [2.05, 4.69) is 19.1 Å². The molecule has 0 N–H and O–H groups in total. The van der Waals surface area contributed by atoms with Gasteiger partial charge in [-0.2, -0.15) is 0 Å². The van der Waals surface area contributed by atoms with Crippen LogP contribution in [0.2, 0.25) is 0 Å². The summed E-state index contributed by atoms with van der Waals surface area (Å²) in [6.45, 7) is 3.76. The van der Waals surface area contributed by atoms with Crippen LogP contribution in [0.3, 0.4) is 0 Å². The molecule has 122 valence electrons. The van der Waals surface area contributed by atoms with Crippen molar-refractivity contribution in [1.29, 1.82) is 0 Å². The molecule has 4 rings (SSSR count). The fourth-order valence-electron chi connectivity index (χ4n) is 5.36. The highest BCUT2D eigenvalue weighted by Crippen LogP contribution is 2.57. The van der Waals surface area contributed by atoms with Crippen molar-refractivity contribution < 1.29 is 14.3 Å². The molecule has 23 heavy (non-hydrogen) atoms. The maximum absolute atomic E-state index is 11.7. The minimum Gasteiger partial charge on any atom is -0.462 e. The lowest BCUT2D eigenvalue weighted by Gasteiger charge is -2.45. The highest BCUT2D eigenvalue weighted by Gasteiger charge is 2.53. The molecule has 0 aromatic heterocycles. The molecule has 0 unspecified atom stereocenters. The van der Waals surface area contributed by atoms with Crippen molar-refractivity contribution in [2.75, 3.05) is 0 Å². The summed E-state index contributed by atoms with van der Waals surface area (Å²) in [6.07, 6.45) is 12.2. The van der Waals surface area contributed by atoms with Crippen LogP contribution in [0.1, 0.15) is 52.4 Å². The largest absolute Gasteiger partial charge is 0.462 e.